The van der Waals surface area contributed by atoms with E-state index in [0.717, 1.165) is 16.6 Å². The van der Waals surface area contributed by atoms with Crippen LogP contribution in [-0.2, 0) is 7.05 Å². The van der Waals surface area contributed by atoms with Crippen molar-refractivity contribution < 1.29 is 4.79 Å². The Kier molecular flexibility index (Phi) is 3.51. The summed E-state index contributed by atoms with van der Waals surface area (Å²) in [5.74, 6) is -0.194. The number of hydrogen-bond donors (Lipinski definition) is 0. The van der Waals surface area contributed by atoms with E-state index < -0.39 is 0 Å². The van der Waals surface area contributed by atoms with E-state index in [2.05, 4.69) is 0 Å². The highest BCUT2D eigenvalue weighted by atomic mass is 16.2. The van der Waals surface area contributed by atoms with Gasteiger partial charge in [-0.1, -0.05) is 36.4 Å². The van der Waals surface area contributed by atoms with Gasteiger partial charge in [-0.2, -0.15) is 0 Å². The topological polar surface area (TPSA) is 42.3 Å². The number of fused-ring (bicyclic) bond motifs is 1. The van der Waals surface area contributed by atoms with Crippen LogP contribution in [-0.4, -0.2) is 17.5 Å². The summed E-state index contributed by atoms with van der Waals surface area (Å²) in [7, 11) is 3.42. The number of aromatic nitrogens is 1. The van der Waals surface area contributed by atoms with E-state index >= 15 is 0 Å². The zero-order chi connectivity index (χ0) is 15.7. The Labute approximate surface area is 128 Å². The molecule has 22 heavy (non-hydrogen) atoms. The lowest BCUT2D eigenvalue weighted by Crippen LogP contribution is -2.29. The predicted octanol–water partition coefficient (Wildman–Crippen LogP) is 2.82. The molecule has 1 aromatic heterocycles. The molecule has 110 valence electrons. The zero-order valence-electron chi connectivity index (χ0n) is 12.5. The molecule has 0 N–H and O–H groups in total. The highest BCUT2D eigenvalue weighted by Crippen LogP contribution is 2.20. The molecule has 0 saturated carbocycles. The van der Waals surface area contributed by atoms with E-state index in [0.29, 0.717) is 5.56 Å². The molecule has 4 nitrogen and oxygen atoms in total. The number of carbonyl (C=O) groups is 1. The van der Waals surface area contributed by atoms with Crippen LogP contribution in [0.5, 0.6) is 0 Å². The summed E-state index contributed by atoms with van der Waals surface area (Å²) in [4.78, 5) is 26.5. The summed E-state index contributed by atoms with van der Waals surface area (Å²) >= 11 is 0. The highest BCUT2D eigenvalue weighted by Gasteiger charge is 2.18. The molecule has 0 aliphatic heterocycles. The Morgan fingerprint density at radius 3 is 2.36 bits per heavy atom. The number of amides is 1. The summed E-state index contributed by atoms with van der Waals surface area (Å²) in [6, 6.07) is 18.2. The standard InChI is InChI=1S/C18H16N2O2/c1-19(13-8-4-3-5-9-13)18(22)15-12-17(21)20(2)16-11-7-6-10-14(15)16/h3-12H,1-2H3. The van der Waals surface area contributed by atoms with Crippen LogP contribution < -0.4 is 10.5 Å². The summed E-state index contributed by atoms with van der Waals surface area (Å²) in [6.45, 7) is 0. The number of benzene rings is 2. The monoisotopic (exact) mass is 292 g/mol. The average Bonchev–Trinajstić information content (AvgIpc) is 2.57. The van der Waals surface area contributed by atoms with Crippen molar-refractivity contribution >= 4 is 22.5 Å². The number of pyridine rings is 1. The number of anilines is 1. The summed E-state index contributed by atoms with van der Waals surface area (Å²) in [5, 5.41) is 0.775. The Balaban J connectivity index is 2.16. The largest absolute Gasteiger partial charge is 0.311 e. The first-order valence-electron chi connectivity index (χ1n) is 7.01. The Hall–Kier alpha value is -2.88. The van der Waals surface area contributed by atoms with E-state index in [1.165, 1.54) is 6.07 Å². The van der Waals surface area contributed by atoms with Crippen LogP contribution >= 0.6 is 0 Å². The maximum Gasteiger partial charge on any atom is 0.258 e. The SMILES string of the molecule is CN(C(=O)c1cc(=O)n(C)c2ccccc12)c1ccccc1. The lowest BCUT2D eigenvalue weighted by molar-refractivity contribution is 0.0994. The summed E-state index contributed by atoms with van der Waals surface area (Å²) in [5.41, 5.74) is 1.77. The second-order valence-corrected chi connectivity index (χ2v) is 5.17. The molecule has 1 amide bonds. The second kappa shape index (κ2) is 5.48. The Morgan fingerprint density at radius 1 is 1.00 bits per heavy atom. The average molecular weight is 292 g/mol. The van der Waals surface area contributed by atoms with Gasteiger partial charge in [-0.25, -0.2) is 0 Å². The summed E-state index contributed by atoms with van der Waals surface area (Å²) in [6.07, 6.45) is 0. The predicted molar refractivity (Wildman–Crippen MR) is 88.4 cm³/mol. The van der Waals surface area contributed by atoms with Crippen molar-refractivity contribution in [1.82, 2.24) is 4.57 Å². The van der Waals surface area contributed by atoms with Gasteiger partial charge in [-0.05, 0) is 18.2 Å². The molecule has 0 aliphatic rings. The van der Waals surface area contributed by atoms with Crippen molar-refractivity contribution in [2.75, 3.05) is 11.9 Å². The molecule has 0 unspecified atom stereocenters. The zero-order valence-corrected chi connectivity index (χ0v) is 12.5. The van der Waals surface area contributed by atoms with Crippen LogP contribution in [0.3, 0.4) is 0 Å². The quantitative estimate of drug-likeness (QED) is 0.729. The highest BCUT2D eigenvalue weighted by molar-refractivity contribution is 6.13. The van der Waals surface area contributed by atoms with Gasteiger partial charge in [-0.15, -0.1) is 0 Å². The minimum absolute atomic E-state index is 0.191. The third kappa shape index (κ3) is 2.29. The molecule has 3 aromatic rings. The number of carbonyl (C=O) groups excluding carboxylic acids is 1. The van der Waals surface area contributed by atoms with Crippen LogP contribution in [0.15, 0.2) is 65.5 Å². The van der Waals surface area contributed by atoms with Crippen LogP contribution in [0, 0.1) is 0 Å². The van der Waals surface area contributed by atoms with E-state index in [4.69, 9.17) is 0 Å². The fourth-order valence-corrected chi connectivity index (χ4v) is 2.54. The lowest BCUT2D eigenvalue weighted by atomic mass is 10.1. The second-order valence-electron chi connectivity index (χ2n) is 5.17. The van der Waals surface area contributed by atoms with Crippen LogP contribution in [0.4, 0.5) is 5.69 Å². The molecule has 1 heterocycles. The molecule has 0 radical (unpaired) electrons. The Morgan fingerprint density at radius 2 is 1.64 bits per heavy atom. The molecule has 3 rings (SSSR count). The first-order valence-corrected chi connectivity index (χ1v) is 7.01. The fourth-order valence-electron chi connectivity index (χ4n) is 2.54. The molecule has 0 bridgehead atoms. The number of hydrogen-bond acceptors (Lipinski definition) is 2. The van der Waals surface area contributed by atoms with Crippen molar-refractivity contribution in [2.45, 2.75) is 0 Å². The smallest absolute Gasteiger partial charge is 0.258 e. The van der Waals surface area contributed by atoms with Crippen LogP contribution in [0.25, 0.3) is 10.9 Å². The van der Waals surface area contributed by atoms with Gasteiger partial charge < -0.3 is 9.47 Å². The first-order chi connectivity index (χ1) is 10.6. The third-order valence-electron chi connectivity index (χ3n) is 3.83. The van der Waals surface area contributed by atoms with Crippen molar-refractivity contribution in [3.63, 3.8) is 0 Å². The number of rotatable bonds is 2. The molecule has 0 fully saturated rings. The van der Waals surface area contributed by atoms with Crippen molar-refractivity contribution in [3.8, 4) is 0 Å². The van der Waals surface area contributed by atoms with Crippen molar-refractivity contribution in [2.24, 2.45) is 7.05 Å². The Bertz CT molecular complexity index is 898. The van der Waals surface area contributed by atoms with Gasteiger partial charge in [0.2, 0.25) is 0 Å². The molecular formula is C18H16N2O2. The van der Waals surface area contributed by atoms with Gasteiger partial charge in [0.25, 0.3) is 11.5 Å². The van der Waals surface area contributed by atoms with E-state index in [9.17, 15) is 9.59 Å². The minimum atomic E-state index is -0.194. The molecule has 0 aliphatic carbocycles. The van der Waals surface area contributed by atoms with Crippen molar-refractivity contribution in [1.29, 1.82) is 0 Å². The maximum atomic E-state index is 12.8. The third-order valence-corrected chi connectivity index (χ3v) is 3.83. The number of nitrogens with zero attached hydrogens (tertiary/aromatic N) is 2. The van der Waals surface area contributed by atoms with Crippen LogP contribution in [0.2, 0.25) is 0 Å². The first kappa shape index (κ1) is 14.1. The number of aryl methyl sites for hydroxylation is 1. The fraction of sp³-hybridized carbons (Fsp3) is 0.111. The molecule has 2 aromatic carbocycles. The number of para-hydroxylation sites is 2. The van der Waals surface area contributed by atoms with Crippen molar-refractivity contribution in [3.05, 3.63) is 76.6 Å². The molecule has 0 saturated heterocycles. The van der Waals surface area contributed by atoms with E-state index in [-0.39, 0.29) is 11.5 Å². The van der Waals surface area contributed by atoms with Crippen LogP contribution in [0.1, 0.15) is 10.4 Å². The van der Waals surface area contributed by atoms with E-state index in [1.54, 1.807) is 23.6 Å². The van der Waals surface area contributed by atoms with Gasteiger partial charge in [0.05, 0.1) is 11.1 Å². The lowest BCUT2D eigenvalue weighted by Gasteiger charge is -2.18. The van der Waals surface area contributed by atoms with Gasteiger partial charge in [0.1, 0.15) is 0 Å². The normalized spacial score (nSPS) is 10.6. The van der Waals surface area contributed by atoms with Gasteiger partial charge in [-0.3, -0.25) is 9.59 Å². The molecule has 0 spiro atoms. The minimum Gasteiger partial charge on any atom is -0.311 e. The molecular weight excluding hydrogens is 276 g/mol. The molecule has 0 atom stereocenters. The van der Waals surface area contributed by atoms with Gasteiger partial charge in [0.15, 0.2) is 0 Å². The van der Waals surface area contributed by atoms with Gasteiger partial charge >= 0.3 is 0 Å². The van der Waals surface area contributed by atoms with E-state index in [1.807, 2.05) is 54.6 Å². The summed E-state index contributed by atoms with van der Waals surface area (Å²) < 4.78 is 1.55. The maximum absolute atomic E-state index is 12.8. The molecule has 4 heteroatoms. The van der Waals surface area contributed by atoms with Gasteiger partial charge in [0, 0.05) is 31.2 Å².